The highest BCUT2D eigenvalue weighted by Crippen LogP contribution is 2.11. The lowest BCUT2D eigenvalue weighted by Crippen LogP contribution is -2.06. The van der Waals surface area contributed by atoms with Gasteiger partial charge in [-0.2, -0.15) is 0 Å². The zero-order valence-electron chi connectivity index (χ0n) is 9.92. The molecule has 0 spiro atoms. The molecule has 5 nitrogen and oxygen atoms in total. The van der Waals surface area contributed by atoms with Crippen LogP contribution < -0.4 is 5.32 Å². The molecule has 0 saturated heterocycles. The van der Waals surface area contributed by atoms with Crippen molar-refractivity contribution in [1.29, 1.82) is 0 Å². The standard InChI is InChI=1S/C13H13N3O2/c1-9-11(13(17)18)4-5-12(16-9)15-8-10-3-2-6-14-7-10/h2-7H,8H2,1H3,(H,15,16)(H,17,18). The molecule has 0 aromatic carbocycles. The van der Waals surface area contributed by atoms with E-state index in [9.17, 15) is 4.79 Å². The molecule has 0 aliphatic carbocycles. The van der Waals surface area contributed by atoms with Gasteiger partial charge in [-0.3, -0.25) is 4.98 Å². The minimum atomic E-state index is -0.959. The zero-order chi connectivity index (χ0) is 13.0. The summed E-state index contributed by atoms with van der Waals surface area (Å²) < 4.78 is 0. The van der Waals surface area contributed by atoms with Crippen molar-refractivity contribution in [2.24, 2.45) is 0 Å². The highest BCUT2D eigenvalue weighted by atomic mass is 16.4. The summed E-state index contributed by atoms with van der Waals surface area (Å²) in [5, 5.41) is 12.0. The van der Waals surface area contributed by atoms with E-state index in [0.717, 1.165) is 5.56 Å². The number of carboxylic acid groups (broad SMARTS) is 1. The van der Waals surface area contributed by atoms with Crippen LogP contribution in [0.5, 0.6) is 0 Å². The van der Waals surface area contributed by atoms with Crippen LogP contribution in [0.25, 0.3) is 0 Å². The quantitative estimate of drug-likeness (QED) is 0.860. The Labute approximate surface area is 105 Å². The largest absolute Gasteiger partial charge is 0.478 e. The van der Waals surface area contributed by atoms with E-state index in [1.807, 2.05) is 12.1 Å². The van der Waals surface area contributed by atoms with Gasteiger partial charge in [-0.25, -0.2) is 9.78 Å². The first-order valence-electron chi connectivity index (χ1n) is 5.50. The first kappa shape index (κ1) is 12.0. The van der Waals surface area contributed by atoms with E-state index < -0.39 is 5.97 Å². The number of aromatic nitrogens is 2. The van der Waals surface area contributed by atoms with Gasteiger partial charge in [-0.05, 0) is 30.7 Å². The van der Waals surface area contributed by atoms with Crippen LogP contribution in [0, 0.1) is 6.92 Å². The molecule has 0 saturated carbocycles. The van der Waals surface area contributed by atoms with Crippen LogP contribution in [0.1, 0.15) is 21.6 Å². The minimum Gasteiger partial charge on any atom is -0.478 e. The fourth-order valence-electron chi connectivity index (χ4n) is 1.58. The molecule has 0 aliphatic rings. The molecule has 0 aliphatic heterocycles. The summed E-state index contributed by atoms with van der Waals surface area (Å²) in [6.07, 6.45) is 3.49. The summed E-state index contributed by atoms with van der Waals surface area (Å²) in [4.78, 5) is 19.1. The van der Waals surface area contributed by atoms with Crippen molar-refractivity contribution >= 4 is 11.8 Å². The molecule has 0 bridgehead atoms. The van der Waals surface area contributed by atoms with Crippen LogP contribution in [-0.4, -0.2) is 21.0 Å². The lowest BCUT2D eigenvalue weighted by Gasteiger charge is -2.07. The first-order valence-corrected chi connectivity index (χ1v) is 5.50. The van der Waals surface area contributed by atoms with Gasteiger partial charge in [0.05, 0.1) is 11.3 Å². The number of aromatic carboxylic acids is 1. The zero-order valence-corrected chi connectivity index (χ0v) is 9.92. The van der Waals surface area contributed by atoms with Crippen molar-refractivity contribution in [3.8, 4) is 0 Å². The predicted molar refractivity (Wildman–Crippen MR) is 67.5 cm³/mol. The summed E-state index contributed by atoms with van der Waals surface area (Å²) in [7, 11) is 0. The van der Waals surface area contributed by atoms with Crippen molar-refractivity contribution in [3.05, 3.63) is 53.5 Å². The second kappa shape index (κ2) is 5.27. The molecule has 18 heavy (non-hydrogen) atoms. The molecule has 0 amide bonds. The van der Waals surface area contributed by atoms with Crippen molar-refractivity contribution in [3.63, 3.8) is 0 Å². The highest BCUT2D eigenvalue weighted by molar-refractivity contribution is 5.89. The molecule has 2 N–H and O–H groups in total. The summed E-state index contributed by atoms with van der Waals surface area (Å²) in [5.74, 6) is -0.305. The van der Waals surface area contributed by atoms with Gasteiger partial charge in [0.25, 0.3) is 0 Å². The number of rotatable bonds is 4. The Morgan fingerprint density at radius 1 is 1.39 bits per heavy atom. The second-order valence-corrected chi connectivity index (χ2v) is 3.85. The topological polar surface area (TPSA) is 75.1 Å². The number of hydrogen-bond acceptors (Lipinski definition) is 4. The number of nitrogens with zero attached hydrogens (tertiary/aromatic N) is 2. The molecule has 0 radical (unpaired) electrons. The normalized spacial score (nSPS) is 10.1. The molecule has 0 fully saturated rings. The number of carboxylic acids is 1. The third-order valence-corrected chi connectivity index (χ3v) is 2.51. The van der Waals surface area contributed by atoms with Gasteiger partial charge in [-0.1, -0.05) is 6.07 Å². The molecule has 92 valence electrons. The maximum absolute atomic E-state index is 10.8. The van der Waals surface area contributed by atoms with Gasteiger partial charge >= 0.3 is 5.97 Å². The smallest absolute Gasteiger partial charge is 0.337 e. The molecule has 0 atom stereocenters. The van der Waals surface area contributed by atoms with E-state index in [4.69, 9.17) is 5.11 Å². The van der Waals surface area contributed by atoms with Crippen molar-refractivity contribution in [1.82, 2.24) is 9.97 Å². The minimum absolute atomic E-state index is 0.224. The van der Waals surface area contributed by atoms with Crippen LogP contribution >= 0.6 is 0 Å². The summed E-state index contributed by atoms with van der Waals surface area (Å²) >= 11 is 0. The molecule has 2 aromatic rings. The summed E-state index contributed by atoms with van der Waals surface area (Å²) in [6.45, 7) is 2.28. The Bertz CT molecular complexity index is 555. The Morgan fingerprint density at radius 2 is 2.22 bits per heavy atom. The molecular formula is C13H13N3O2. The Kier molecular flexibility index (Phi) is 3.52. The molecule has 0 unspecified atom stereocenters. The van der Waals surface area contributed by atoms with Crippen molar-refractivity contribution < 1.29 is 9.90 Å². The van der Waals surface area contributed by atoms with E-state index in [1.165, 1.54) is 0 Å². The second-order valence-electron chi connectivity index (χ2n) is 3.85. The van der Waals surface area contributed by atoms with Crippen LogP contribution in [-0.2, 0) is 6.54 Å². The Balaban J connectivity index is 2.07. The number of nitrogens with one attached hydrogen (secondary N) is 1. The van der Waals surface area contributed by atoms with Crippen LogP contribution in [0.2, 0.25) is 0 Å². The molecule has 5 heteroatoms. The molecule has 2 heterocycles. The monoisotopic (exact) mass is 243 g/mol. The fraction of sp³-hybridized carbons (Fsp3) is 0.154. The average Bonchev–Trinajstić information content (AvgIpc) is 2.37. The third kappa shape index (κ3) is 2.82. The van der Waals surface area contributed by atoms with E-state index in [0.29, 0.717) is 18.1 Å². The van der Waals surface area contributed by atoms with E-state index in [-0.39, 0.29) is 5.56 Å². The van der Waals surface area contributed by atoms with E-state index >= 15 is 0 Å². The summed E-state index contributed by atoms with van der Waals surface area (Å²) in [5.41, 5.74) is 1.76. The van der Waals surface area contributed by atoms with Crippen molar-refractivity contribution in [2.45, 2.75) is 13.5 Å². The van der Waals surface area contributed by atoms with Gasteiger partial charge in [0, 0.05) is 18.9 Å². The first-order chi connectivity index (χ1) is 8.66. The van der Waals surface area contributed by atoms with Crippen molar-refractivity contribution in [2.75, 3.05) is 5.32 Å². The maximum atomic E-state index is 10.8. The number of carbonyl (C=O) groups is 1. The van der Waals surface area contributed by atoms with Crippen LogP contribution in [0.3, 0.4) is 0 Å². The van der Waals surface area contributed by atoms with E-state index in [2.05, 4.69) is 15.3 Å². The maximum Gasteiger partial charge on any atom is 0.337 e. The fourth-order valence-corrected chi connectivity index (χ4v) is 1.58. The lowest BCUT2D eigenvalue weighted by molar-refractivity contribution is 0.0695. The lowest BCUT2D eigenvalue weighted by atomic mass is 10.2. The Morgan fingerprint density at radius 3 is 2.83 bits per heavy atom. The van der Waals surface area contributed by atoms with Gasteiger partial charge in [0.15, 0.2) is 0 Å². The van der Waals surface area contributed by atoms with Gasteiger partial charge in [-0.15, -0.1) is 0 Å². The van der Waals surface area contributed by atoms with Crippen LogP contribution in [0.4, 0.5) is 5.82 Å². The number of aryl methyl sites for hydroxylation is 1. The number of pyridine rings is 2. The SMILES string of the molecule is Cc1nc(NCc2cccnc2)ccc1C(=O)O. The predicted octanol–water partition coefficient (Wildman–Crippen LogP) is 2.10. The summed E-state index contributed by atoms with van der Waals surface area (Å²) in [6, 6.07) is 7.03. The van der Waals surface area contributed by atoms with E-state index in [1.54, 1.807) is 31.5 Å². The van der Waals surface area contributed by atoms with Gasteiger partial charge < -0.3 is 10.4 Å². The van der Waals surface area contributed by atoms with Gasteiger partial charge in [0.1, 0.15) is 5.82 Å². The Hall–Kier alpha value is -2.43. The molecular weight excluding hydrogens is 230 g/mol. The number of hydrogen-bond donors (Lipinski definition) is 2. The molecule has 2 rings (SSSR count). The van der Waals surface area contributed by atoms with Crippen LogP contribution in [0.15, 0.2) is 36.7 Å². The molecule has 2 aromatic heterocycles. The highest BCUT2D eigenvalue weighted by Gasteiger charge is 2.08. The number of anilines is 1. The third-order valence-electron chi connectivity index (χ3n) is 2.51. The van der Waals surface area contributed by atoms with Gasteiger partial charge in [0.2, 0.25) is 0 Å². The average molecular weight is 243 g/mol.